The fourth-order valence-corrected chi connectivity index (χ4v) is 5.32. The van der Waals surface area contributed by atoms with Crippen LogP contribution in [-0.2, 0) is 14.8 Å². The van der Waals surface area contributed by atoms with Gasteiger partial charge in [-0.2, -0.15) is 4.31 Å². The van der Waals surface area contributed by atoms with Crippen molar-refractivity contribution < 1.29 is 13.2 Å². The van der Waals surface area contributed by atoms with Gasteiger partial charge in [0, 0.05) is 69.5 Å². The van der Waals surface area contributed by atoms with Crippen molar-refractivity contribution in [2.24, 2.45) is 0 Å². The minimum atomic E-state index is -3.25. The Labute approximate surface area is 206 Å². The van der Waals surface area contributed by atoms with Crippen molar-refractivity contribution in [3.05, 3.63) is 42.7 Å². The summed E-state index contributed by atoms with van der Waals surface area (Å²) in [7, 11) is -1.10. The van der Waals surface area contributed by atoms with Crippen LogP contribution in [-0.4, -0.2) is 104 Å². The number of nitrogens with zero attached hydrogens (tertiary/aromatic N) is 6. The Morgan fingerprint density at radius 2 is 1.80 bits per heavy atom. The molecule has 11 heteroatoms. The standard InChI is InChI=1S/C24H31N7O3S/c1-29-9-11-30(12-10-29)19-5-3-18(4-6-19)21-15-22-23(26-8-7-25-22)24(28-21)27-16-20-17-31(13-14-34-20)35(2,32)33/h3-8,15,20H,9-14,16-17H2,1-2H3,(H,27,28). The highest BCUT2D eigenvalue weighted by molar-refractivity contribution is 7.88. The van der Waals surface area contributed by atoms with E-state index in [9.17, 15) is 8.42 Å². The minimum absolute atomic E-state index is 0.279. The molecular weight excluding hydrogens is 466 g/mol. The number of sulfonamides is 1. The van der Waals surface area contributed by atoms with Gasteiger partial charge in [0.15, 0.2) is 5.82 Å². The van der Waals surface area contributed by atoms with Crippen LogP contribution in [0, 0.1) is 0 Å². The monoisotopic (exact) mass is 497 g/mol. The number of hydrogen-bond donors (Lipinski definition) is 1. The summed E-state index contributed by atoms with van der Waals surface area (Å²) < 4.78 is 31.1. The number of rotatable bonds is 6. The maximum atomic E-state index is 11.9. The molecule has 1 unspecified atom stereocenters. The number of ether oxygens (including phenoxy) is 1. The van der Waals surface area contributed by atoms with E-state index in [1.807, 2.05) is 6.07 Å². The lowest BCUT2D eigenvalue weighted by molar-refractivity contribution is 0.00702. The molecule has 35 heavy (non-hydrogen) atoms. The van der Waals surface area contributed by atoms with Crippen LogP contribution in [0.25, 0.3) is 22.3 Å². The first kappa shape index (κ1) is 23.9. The molecule has 2 aromatic heterocycles. The van der Waals surface area contributed by atoms with E-state index in [4.69, 9.17) is 9.72 Å². The van der Waals surface area contributed by atoms with Gasteiger partial charge in [0.2, 0.25) is 10.0 Å². The highest BCUT2D eigenvalue weighted by atomic mass is 32.2. The number of hydrogen-bond acceptors (Lipinski definition) is 9. The highest BCUT2D eigenvalue weighted by Gasteiger charge is 2.26. The minimum Gasteiger partial charge on any atom is -0.374 e. The summed E-state index contributed by atoms with van der Waals surface area (Å²) in [4.78, 5) is 18.6. The number of anilines is 2. The first-order valence-corrected chi connectivity index (χ1v) is 13.7. The van der Waals surface area contributed by atoms with Crippen molar-refractivity contribution >= 4 is 32.6 Å². The second kappa shape index (κ2) is 10.0. The zero-order valence-electron chi connectivity index (χ0n) is 20.1. The second-order valence-electron chi connectivity index (χ2n) is 9.11. The number of nitrogens with one attached hydrogen (secondary N) is 1. The Balaban J connectivity index is 1.36. The normalized spacial score (nSPS) is 20.3. The Kier molecular flexibility index (Phi) is 6.83. The molecule has 3 aromatic rings. The van der Waals surface area contributed by atoms with E-state index in [0.717, 1.165) is 43.0 Å². The lowest BCUT2D eigenvalue weighted by Gasteiger charge is -2.34. The molecule has 1 N–H and O–H groups in total. The van der Waals surface area contributed by atoms with E-state index in [2.05, 4.69) is 56.4 Å². The van der Waals surface area contributed by atoms with Gasteiger partial charge in [-0.15, -0.1) is 0 Å². The van der Waals surface area contributed by atoms with Crippen LogP contribution in [0.1, 0.15) is 0 Å². The summed E-state index contributed by atoms with van der Waals surface area (Å²) in [6.45, 7) is 5.64. The largest absolute Gasteiger partial charge is 0.374 e. The van der Waals surface area contributed by atoms with Gasteiger partial charge in [-0.1, -0.05) is 12.1 Å². The van der Waals surface area contributed by atoms with Gasteiger partial charge >= 0.3 is 0 Å². The van der Waals surface area contributed by atoms with Crippen molar-refractivity contribution in [1.82, 2.24) is 24.2 Å². The van der Waals surface area contributed by atoms with Crippen molar-refractivity contribution in [3.8, 4) is 11.3 Å². The van der Waals surface area contributed by atoms with Gasteiger partial charge in [0.25, 0.3) is 0 Å². The van der Waals surface area contributed by atoms with E-state index in [1.165, 1.54) is 16.2 Å². The molecule has 2 fully saturated rings. The van der Waals surface area contributed by atoms with Crippen molar-refractivity contribution in [1.29, 1.82) is 0 Å². The number of piperazine rings is 1. The maximum absolute atomic E-state index is 11.9. The molecule has 1 atom stereocenters. The fraction of sp³-hybridized carbons (Fsp3) is 0.458. The quantitative estimate of drug-likeness (QED) is 0.543. The summed E-state index contributed by atoms with van der Waals surface area (Å²) >= 11 is 0. The van der Waals surface area contributed by atoms with Crippen LogP contribution in [0.2, 0.25) is 0 Å². The number of morpholine rings is 1. The molecule has 5 rings (SSSR count). The van der Waals surface area contributed by atoms with Crippen molar-refractivity contribution in [2.75, 3.05) is 75.9 Å². The van der Waals surface area contributed by atoms with E-state index in [0.29, 0.717) is 37.6 Å². The molecule has 0 aliphatic carbocycles. The highest BCUT2D eigenvalue weighted by Crippen LogP contribution is 2.27. The van der Waals surface area contributed by atoms with Crippen LogP contribution in [0.3, 0.4) is 0 Å². The average molecular weight is 498 g/mol. The molecular formula is C24H31N7O3S. The number of likely N-dealkylation sites (N-methyl/N-ethyl adjacent to an activating group) is 1. The SMILES string of the molecule is CN1CCN(c2ccc(-c3cc4nccnc4c(NCC4CN(S(C)(=O)=O)CCO4)n3)cc2)CC1. The number of aromatic nitrogens is 3. The van der Waals surface area contributed by atoms with Crippen molar-refractivity contribution in [3.63, 3.8) is 0 Å². The van der Waals surface area contributed by atoms with E-state index < -0.39 is 10.0 Å². The molecule has 0 bridgehead atoms. The van der Waals surface area contributed by atoms with Crippen LogP contribution < -0.4 is 10.2 Å². The smallest absolute Gasteiger partial charge is 0.211 e. The fourth-order valence-electron chi connectivity index (χ4n) is 4.48. The maximum Gasteiger partial charge on any atom is 0.211 e. The average Bonchev–Trinajstić information content (AvgIpc) is 2.87. The van der Waals surface area contributed by atoms with Crippen LogP contribution in [0.4, 0.5) is 11.5 Å². The summed E-state index contributed by atoms with van der Waals surface area (Å²) in [6, 6.07) is 10.4. The second-order valence-corrected chi connectivity index (χ2v) is 11.1. The van der Waals surface area contributed by atoms with E-state index >= 15 is 0 Å². The van der Waals surface area contributed by atoms with E-state index in [-0.39, 0.29) is 6.10 Å². The molecule has 186 valence electrons. The third-order valence-corrected chi connectivity index (χ3v) is 7.83. The first-order valence-electron chi connectivity index (χ1n) is 11.8. The number of fused-ring (bicyclic) bond motifs is 1. The van der Waals surface area contributed by atoms with Gasteiger partial charge in [-0.3, -0.25) is 4.98 Å². The molecule has 1 aromatic carbocycles. The lowest BCUT2D eigenvalue weighted by atomic mass is 10.1. The Morgan fingerprint density at radius 1 is 1.06 bits per heavy atom. The van der Waals surface area contributed by atoms with Gasteiger partial charge in [-0.25, -0.2) is 18.4 Å². The zero-order valence-corrected chi connectivity index (χ0v) is 20.9. The predicted octanol–water partition coefficient (Wildman–Crippen LogP) is 1.52. The molecule has 10 nitrogen and oxygen atoms in total. The van der Waals surface area contributed by atoms with Crippen molar-refractivity contribution in [2.45, 2.75) is 6.10 Å². The molecule has 2 saturated heterocycles. The van der Waals surface area contributed by atoms with E-state index in [1.54, 1.807) is 12.4 Å². The summed E-state index contributed by atoms with van der Waals surface area (Å²) in [5.41, 5.74) is 4.42. The van der Waals surface area contributed by atoms with Gasteiger partial charge in [-0.05, 0) is 25.2 Å². The Bertz CT molecular complexity index is 1280. The van der Waals surface area contributed by atoms with Gasteiger partial charge in [0.05, 0.1) is 30.2 Å². The number of benzene rings is 1. The third-order valence-electron chi connectivity index (χ3n) is 6.56. The molecule has 2 aliphatic rings. The Hall–Kier alpha value is -2.86. The molecule has 0 amide bonds. The number of pyridine rings is 1. The summed E-state index contributed by atoms with van der Waals surface area (Å²) in [5.74, 6) is 0.605. The molecule has 0 spiro atoms. The zero-order chi connectivity index (χ0) is 24.4. The summed E-state index contributed by atoms with van der Waals surface area (Å²) in [5, 5.41) is 3.33. The van der Waals surface area contributed by atoms with Crippen LogP contribution in [0.15, 0.2) is 42.7 Å². The molecule has 2 aliphatic heterocycles. The molecule has 0 radical (unpaired) electrons. The van der Waals surface area contributed by atoms with Crippen LogP contribution in [0.5, 0.6) is 0 Å². The first-order chi connectivity index (χ1) is 16.9. The lowest BCUT2D eigenvalue weighted by Crippen LogP contribution is -2.47. The van der Waals surface area contributed by atoms with Gasteiger partial charge < -0.3 is 19.9 Å². The molecule has 4 heterocycles. The van der Waals surface area contributed by atoms with Gasteiger partial charge in [0.1, 0.15) is 5.52 Å². The predicted molar refractivity (Wildman–Crippen MR) is 137 cm³/mol. The summed E-state index contributed by atoms with van der Waals surface area (Å²) in [6.07, 6.45) is 4.26. The topological polar surface area (TPSA) is 104 Å². The molecule has 0 saturated carbocycles. The Morgan fingerprint density at radius 3 is 2.54 bits per heavy atom. The third kappa shape index (κ3) is 5.53. The van der Waals surface area contributed by atoms with Crippen LogP contribution >= 0.6 is 0 Å².